The van der Waals surface area contributed by atoms with Gasteiger partial charge in [-0.15, -0.1) is 0 Å². The number of hydrogen-bond acceptors (Lipinski definition) is 17. The quantitative estimate of drug-likeness (QED) is 0.0436. The van der Waals surface area contributed by atoms with Crippen LogP contribution >= 0.6 is 0 Å². The summed E-state index contributed by atoms with van der Waals surface area (Å²) >= 11 is 0. The van der Waals surface area contributed by atoms with Crippen LogP contribution in [0.3, 0.4) is 0 Å². The number of aliphatic carboxylic acids is 2. The Labute approximate surface area is 337 Å². The highest BCUT2D eigenvalue weighted by Gasteiger charge is 2.35. The van der Waals surface area contributed by atoms with Crippen LogP contribution in [-0.4, -0.2) is 213 Å². The molecular weight excluding hydrogens is 768 g/mol. The molecule has 1 aromatic rings. The van der Waals surface area contributed by atoms with E-state index in [1.807, 2.05) is 16.8 Å². The third-order valence-corrected chi connectivity index (χ3v) is 10.3. The predicted molar refractivity (Wildman–Crippen MR) is 205 cm³/mol. The molecule has 1 aliphatic heterocycles. The lowest BCUT2D eigenvalue weighted by atomic mass is 10.0. The van der Waals surface area contributed by atoms with E-state index in [4.69, 9.17) is 10.1 Å². The minimum atomic E-state index is -2.08. The summed E-state index contributed by atoms with van der Waals surface area (Å²) in [6.07, 6.45) is -12.8. The van der Waals surface area contributed by atoms with Crippen LogP contribution in [0, 0.1) is 0 Å². The fourth-order valence-electron chi connectivity index (χ4n) is 6.49. The van der Waals surface area contributed by atoms with Gasteiger partial charge in [-0.05, 0) is 64.1 Å². The lowest BCUT2D eigenvalue weighted by Gasteiger charge is -2.34. The molecule has 332 valence electrons. The number of fused-ring (bicyclic) bond motifs is 2. The molecule has 10 atom stereocenters. The Bertz CT molecular complexity index is 1320. The Morgan fingerprint density at radius 1 is 0.655 bits per heavy atom. The molecule has 2 amide bonds. The van der Waals surface area contributed by atoms with Crippen molar-refractivity contribution in [1.29, 1.82) is 0 Å². The second-order valence-corrected chi connectivity index (χ2v) is 14.7. The van der Waals surface area contributed by atoms with Crippen LogP contribution in [0.2, 0.25) is 0 Å². The Balaban J connectivity index is 2.02. The zero-order valence-electron chi connectivity index (χ0n) is 33.2. The van der Waals surface area contributed by atoms with Gasteiger partial charge in [0, 0.05) is 52.4 Å². The zero-order chi connectivity index (χ0) is 43.5. The standard InChI is InChI=1S/C37H64N6O15/c1-3-26(45)28(47)30(49)32(51)34(53)38-13-6-4-11-24(36(55)56)42-17-15-41(2)16-18-43(20-23-10-8-9-22(19-42)40-23)25(37(57)58)12-5-7-14-39-35(54)33(52)31(50)29(48)27(46)21-44/h8-10,24-33,44-52H,3-7,11-21H2,1-2H3,(H,38,53)(H,39,54)(H,55,56)(H,57,58)/t24?,25?,26-,27-,28-,29-,30+,31+,32-,33-/m1/s1. The maximum absolute atomic E-state index is 12.5. The summed E-state index contributed by atoms with van der Waals surface area (Å²) in [5, 5.41) is 113. The smallest absolute Gasteiger partial charge is 0.320 e. The number of nitrogens with zero attached hydrogens (tertiary/aromatic N) is 4. The van der Waals surface area contributed by atoms with Crippen molar-refractivity contribution in [2.24, 2.45) is 0 Å². The molecule has 2 bridgehead atoms. The van der Waals surface area contributed by atoms with Crippen LogP contribution in [0.4, 0.5) is 0 Å². The second-order valence-electron chi connectivity index (χ2n) is 14.7. The molecule has 21 heteroatoms. The van der Waals surface area contributed by atoms with Gasteiger partial charge in [-0.1, -0.05) is 13.0 Å². The van der Waals surface area contributed by atoms with E-state index in [9.17, 15) is 70.2 Å². The van der Waals surface area contributed by atoms with Crippen molar-refractivity contribution in [1.82, 2.24) is 30.3 Å². The summed E-state index contributed by atoms with van der Waals surface area (Å²) in [6.45, 7) is 2.69. The first kappa shape index (κ1) is 50.7. The molecule has 1 aromatic heterocycles. The van der Waals surface area contributed by atoms with E-state index in [-0.39, 0.29) is 45.4 Å². The summed E-state index contributed by atoms with van der Waals surface area (Å²) < 4.78 is 0. The van der Waals surface area contributed by atoms with Gasteiger partial charge in [0.25, 0.3) is 11.8 Å². The van der Waals surface area contributed by atoms with Gasteiger partial charge in [-0.2, -0.15) is 0 Å². The van der Waals surface area contributed by atoms with Gasteiger partial charge < -0.3 is 71.7 Å². The summed E-state index contributed by atoms with van der Waals surface area (Å²) in [6, 6.07) is 3.45. The average molecular weight is 833 g/mol. The number of likely N-dealkylation sites (N-methyl/N-ethyl adjacent to an activating group) is 1. The zero-order valence-corrected chi connectivity index (χ0v) is 33.2. The average Bonchev–Trinajstić information content (AvgIpc) is 3.20. The van der Waals surface area contributed by atoms with Gasteiger partial charge in [0.1, 0.15) is 42.6 Å². The Morgan fingerprint density at radius 3 is 1.45 bits per heavy atom. The first-order valence-corrected chi connectivity index (χ1v) is 19.6. The summed E-state index contributed by atoms with van der Waals surface area (Å²) in [7, 11) is 1.85. The molecule has 0 saturated carbocycles. The first-order chi connectivity index (χ1) is 27.4. The molecule has 0 aromatic carbocycles. The van der Waals surface area contributed by atoms with E-state index in [1.54, 1.807) is 30.0 Å². The van der Waals surface area contributed by atoms with Crippen molar-refractivity contribution in [3.63, 3.8) is 0 Å². The number of carbonyl (C=O) groups is 4. The number of aromatic nitrogens is 1. The molecule has 0 spiro atoms. The van der Waals surface area contributed by atoms with Crippen molar-refractivity contribution in [3.8, 4) is 0 Å². The molecule has 21 nitrogen and oxygen atoms in total. The van der Waals surface area contributed by atoms with Crippen molar-refractivity contribution >= 4 is 23.8 Å². The molecule has 0 radical (unpaired) electrons. The van der Waals surface area contributed by atoms with Crippen molar-refractivity contribution in [2.75, 3.05) is 52.9 Å². The fourth-order valence-corrected chi connectivity index (χ4v) is 6.49. The third kappa shape index (κ3) is 16.3. The highest BCUT2D eigenvalue weighted by molar-refractivity contribution is 5.81. The van der Waals surface area contributed by atoms with Gasteiger partial charge in [0.15, 0.2) is 12.2 Å². The van der Waals surface area contributed by atoms with Crippen LogP contribution in [0.25, 0.3) is 0 Å². The van der Waals surface area contributed by atoms with E-state index in [1.165, 1.54) is 0 Å². The number of carboxylic acids is 2. The van der Waals surface area contributed by atoms with E-state index in [0.717, 1.165) is 0 Å². The largest absolute Gasteiger partial charge is 0.480 e. The minimum absolute atomic E-state index is 0.0247. The lowest BCUT2D eigenvalue weighted by Crippen LogP contribution is -2.51. The number of aliphatic hydroxyl groups excluding tert-OH is 9. The third-order valence-electron chi connectivity index (χ3n) is 10.3. The Kier molecular flexibility index (Phi) is 22.6. The predicted octanol–water partition coefficient (Wildman–Crippen LogP) is -4.60. The molecule has 58 heavy (non-hydrogen) atoms. The van der Waals surface area contributed by atoms with Crippen LogP contribution in [0.5, 0.6) is 0 Å². The number of amides is 2. The van der Waals surface area contributed by atoms with E-state index in [2.05, 4.69) is 10.6 Å². The number of nitrogens with one attached hydrogen (secondary N) is 2. The summed E-state index contributed by atoms with van der Waals surface area (Å²) in [5.74, 6) is -4.05. The van der Waals surface area contributed by atoms with Crippen LogP contribution in [0.15, 0.2) is 18.2 Å². The summed E-state index contributed by atoms with van der Waals surface area (Å²) in [5.41, 5.74) is 1.15. The lowest BCUT2D eigenvalue weighted by molar-refractivity contribution is -0.149. The van der Waals surface area contributed by atoms with E-state index >= 15 is 0 Å². The SMILES string of the molecule is CC[C@@H](O)[C@@H](O)[C@H](O)[C@@H](O)C(=O)NCCCCC(C(=O)O)N1CCN(C)CCN(C(CCCCNC(=O)[C@H](O)[C@@H](O)[C@H](O)[C@H](O)CO)C(=O)O)Cc2cccc(n2)C1. The highest BCUT2D eigenvalue weighted by Crippen LogP contribution is 2.18. The van der Waals surface area contributed by atoms with E-state index < -0.39 is 91.3 Å². The highest BCUT2D eigenvalue weighted by atomic mass is 16.4. The van der Waals surface area contributed by atoms with Gasteiger partial charge in [0.05, 0.1) is 24.1 Å². The van der Waals surface area contributed by atoms with Gasteiger partial charge in [-0.25, -0.2) is 0 Å². The van der Waals surface area contributed by atoms with Gasteiger partial charge >= 0.3 is 11.9 Å². The minimum Gasteiger partial charge on any atom is -0.480 e. The summed E-state index contributed by atoms with van der Waals surface area (Å²) in [4.78, 5) is 59.9. The van der Waals surface area contributed by atoms with Crippen molar-refractivity contribution < 1.29 is 75.3 Å². The maximum atomic E-state index is 12.5. The normalized spacial score (nSPS) is 20.1. The molecule has 2 rings (SSSR count). The maximum Gasteiger partial charge on any atom is 0.320 e. The molecule has 0 saturated heterocycles. The molecule has 2 heterocycles. The number of hydrogen-bond donors (Lipinski definition) is 13. The number of carboxylic acid groups (broad SMARTS) is 2. The Morgan fingerprint density at radius 2 is 1.07 bits per heavy atom. The van der Waals surface area contributed by atoms with Crippen molar-refractivity contribution in [2.45, 2.75) is 126 Å². The number of pyridine rings is 1. The number of aliphatic hydroxyl groups is 9. The topological polar surface area (TPSA) is 337 Å². The van der Waals surface area contributed by atoms with Crippen LogP contribution < -0.4 is 10.6 Å². The Hall–Kier alpha value is -3.45. The van der Waals surface area contributed by atoms with Gasteiger partial charge in [0.2, 0.25) is 0 Å². The number of carbonyl (C=O) groups excluding carboxylic acids is 2. The van der Waals surface area contributed by atoms with Crippen molar-refractivity contribution in [3.05, 3.63) is 29.6 Å². The monoisotopic (exact) mass is 832 g/mol. The second kappa shape index (κ2) is 25.9. The number of unbranched alkanes of at least 4 members (excludes halogenated alkanes) is 2. The van der Waals surface area contributed by atoms with E-state index in [0.29, 0.717) is 63.3 Å². The molecule has 1 aliphatic rings. The molecule has 0 aliphatic carbocycles. The molecule has 2 unspecified atom stereocenters. The van der Waals surface area contributed by atoms with Crippen LogP contribution in [-0.2, 0) is 32.3 Å². The number of rotatable bonds is 24. The van der Waals surface area contributed by atoms with Gasteiger partial charge in [-0.3, -0.25) is 34.0 Å². The fraction of sp³-hybridized carbons (Fsp3) is 0.757. The molecular formula is C37H64N6O15. The molecule has 0 fully saturated rings. The first-order valence-electron chi connectivity index (χ1n) is 19.6. The van der Waals surface area contributed by atoms with Crippen LogP contribution in [0.1, 0.15) is 63.3 Å². The molecule has 13 N–H and O–H groups in total.